The van der Waals surface area contributed by atoms with Crippen molar-refractivity contribution in [2.45, 2.75) is 38.3 Å². The van der Waals surface area contributed by atoms with E-state index in [4.69, 9.17) is 9.15 Å². The van der Waals surface area contributed by atoms with Crippen molar-refractivity contribution < 1.29 is 9.15 Å². The third-order valence-corrected chi connectivity index (χ3v) is 5.67. The molecule has 3 aromatic rings. The van der Waals surface area contributed by atoms with Crippen molar-refractivity contribution in [1.29, 1.82) is 0 Å². The first-order valence-electron chi connectivity index (χ1n) is 9.31. The van der Waals surface area contributed by atoms with Crippen LogP contribution in [0.25, 0.3) is 22.1 Å². The van der Waals surface area contributed by atoms with Gasteiger partial charge in [-0.1, -0.05) is 43.2 Å². The molecule has 0 atom stereocenters. The molecule has 0 unspecified atom stereocenters. The SMILES string of the molecule is O=c1c(-c2ccccc2)coc2c3c(ccc12)OCN(C1CCCC1)C3. The van der Waals surface area contributed by atoms with Crippen LogP contribution in [0.5, 0.6) is 5.75 Å². The standard InChI is InChI=1S/C22H21NO3/c24-21-17-10-11-20-18(12-23(14-26-20)16-8-4-5-9-16)22(17)25-13-19(21)15-6-2-1-3-7-15/h1-3,6-7,10-11,13,16H,4-5,8-9,12,14H2. The summed E-state index contributed by atoms with van der Waals surface area (Å²) in [6.45, 7) is 1.40. The Morgan fingerprint density at radius 2 is 1.81 bits per heavy atom. The van der Waals surface area contributed by atoms with Crippen molar-refractivity contribution in [2.75, 3.05) is 6.73 Å². The van der Waals surface area contributed by atoms with Gasteiger partial charge in [-0.15, -0.1) is 0 Å². The highest BCUT2D eigenvalue weighted by Crippen LogP contribution is 2.35. The van der Waals surface area contributed by atoms with Crippen molar-refractivity contribution in [1.82, 2.24) is 4.90 Å². The summed E-state index contributed by atoms with van der Waals surface area (Å²) in [5, 5.41) is 0.627. The Balaban J connectivity index is 1.60. The predicted octanol–water partition coefficient (Wildman–Crippen LogP) is 4.55. The average molecular weight is 347 g/mol. The zero-order chi connectivity index (χ0) is 17.5. The topological polar surface area (TPSA) is 42.7 Å². The molecule has 0 bridgehead atoms. The van der Waals surface area contributed by atoms with Gasteiger partial charge in [0.1, 0.15) is 24.3 Å². The van der Waals surface area contributed by atoms with E-state index in [-0.39, 0.29) is 5.43 Å². The van der Waals surface area contributed by atoms with Gasteiger partial charge < -0.3 is 9.15 Å². The quantitative estimate of drug-likeness (QED) is 0.682. The first-order chi connectivity index (χ1) is 12.8. The minimum Gasteiger partial charge on any atom is -0.478 e. The second-order valence-corrected chi connectivity index (χ2v) is 7.22. The second kappa shape index (κ2) is 6.29. The minimum absolute atomic E-state index is 0.0123. The van der Waals surface area contributed by atoms with Crippen LogP contribution in [0.3, 0.4) is 0 Å². The van der Waals surface area contributed by atoms with Gasteiger partial charge in [0, 0.05) is 12.6 Å². The smallest absolute Gasteiger partial charge is 0.200 e. The zero-order valence-corrected chi connectivity index (χ0v) is 14.6. The normalized spacial score (nSPS) is 18.0. The molecule has 5 rings (SSSR count). The Labute approximate surface area is 152 Å². The molecule has 0 spiro atoms. The molecule has 4 nitrogen and oxygen atoms in total. The molecule has 26 heavy (non-hydrogen) atoms. The molecule has 0 saturated heterocycles. The zero-order valence-electron chi connectivity index (χ0n) is 14.6. The van der Waals surface area contributed by atoms with Gasteiger partial charge in [-0.2, -0.15) is 0 Å². The van der Waals surface area contributed by atoms with Crippen molar-refractivity contribution in [3.63, 3.8) is 0 Å². The van der Waals surface area contributed by atoms with Crippen molar-refractivity contribution >= 4 is 11.0 Å². The monoisotopic (exact) mass is 347 g/mol. The Bertz CT molecular complexity index is 1000. The van der Waals surface area contributed by atoms with Crippen molar-refractivity contribution in [3.05, 3.63) is 64.5 Å². The van der Waals surface area contributed by atoms with E-state index in [9.17, 15) is 4.79 Å². The van der Waals surface area contributed by atoms with Crippen LogP contribution in [0.1, 0.15) is 31.2 Å². The molecule has 1 aromatic heterocycles. The van der Waals surface area contributed by atoms with Crippen LogP contribution in [-0.2, 0) is 6.54 Å². The fourth-order valence-corrected chi connectivity index (χ4v) is 4.25. The van der Waals surface area contributed by atoms with Gasteiger partial charge in [-0.3, -0.25) is 9.69 Å². The summed E-state index contributed by atoms with van der Waals surface area (Å²) in [5.74, 6) is 0.836. The maximum Gasteiger partial charge on any atom is 0.200 e. The molecule has 4 heteroatoms. The first kappa shape index (κ1) is 15.6. The molecule has 132 valence electrons. The maximum absolute atomic E-state index is 13.0. The molecule has 0 N–H and O–H groups in total. The molecular formula is C22H21NO3. The second-order valence-electron chi connectivity index (χ2n) is 7.22. The molecule has 1 fully saturated rings. The molecule has 2 aromatic carbocycles. The first-order valence-corrected chi connectivity index (χ1v) is 9.31. The largest absolute Gasteiger partial charge is 0.478 e. The minimum atomic E-state index is 0.0123. The summed E-state index contributed by atoms with van der Waals surface area (Å²) in [6, 6.07) is 14.0. The van der Waals surface area contributed by atoms with Crippen molar-refractivity contribution in [3.8, 4) is 16.9 Å². The van der Waals surface area contributed by atoms with Gasteiger partial charge in [0.05, 0.1) is 16.5 Å². The van der Waals surface area contributed by atoms with Crippen LogP contribution in [-0.4, -0.2) is 17.7 Å². The third kappa shape index (κ3) is 2.53. The maximum atomic E-state index is 13.0. The van der Waals surface area contributed by atoms with E-state index in [1.165, 1.54) is 25.7 Å². The predicted molar refractivity (Wildman–Crippen MR) is 101 cm³/mol. The summed E-state index contributed by atoms with van der Waals surface area (Å²) in [6.07, 6.45) is 6.63. The van der Waals surface area contributed by atoms with Gasteiger partial charge in [0.25, 0.3) is 0 Å². The number of fused-ring (bicyclic) bond motifs is 3. The van der Waals surface area contributed by atoms with E-state index >= 15 is 0 Å². The van der Waals surface area contributed by atoms with Gasteiger partial charge in [0.15, 0.2) is 0 Å². The van der Waals surface area contributed by atoms with Crippen molar-refractivity contribution in [2.24, 2.45) is 0 Å². The van der Waals surface area contributed by atoms with Gasteiger partial charge in [-0.05, 0) is 30.5 Å². The fourth-order valence-electron chi connectivity index (χ4n) is 4.25. The molecule has 2 aliphatic rings. The highest BCUT2D eigenvalue weighted by Gasteiger charge is 2.29. The van der Waals surface area contributed by atoms with Crippen LogP contribution >= 0.6 is 0 Å². The number of benzene rings is 2. The molecule has 1 aliphatic heterocycles. The molecule has 0 radical (unpaired) electrons. The van der Waals surface area contributed by atoms with Crippen LogP contribution in [0.2, 0.25) is 0 Å². The van der Waals surface area contributed by atoms with E-state index in [0.29, 0.717) is 29.3 Å². The van der Waals surface area contributed by atoms with E-state index in [1.54, 1.807) is 6.26 Å². The fraction of sp³-hybridized carbons (Fsp3) is 0.318. The summed E-state index contributed by atoms with van der Waals surface area (Å²) in [7, 11) is 0. The number of rotatable bonds is 2. The van der Waals surface area contributed by atoms with Crippen LogP contribution in [0.4, 0.5) is 0 Å². The average Bonchev–Trinajstić information content (AvgIpc) is 3.23. The number of ether oxygens (including phenoxy) is 1. The lowest BCUT2D eigenvalue weighted by atomic mass is 10.0. The molecule has 1 saturated carbocycles. The Kier molecular flexibility index (Phi) is 3.79. The highest BCUT2D eigenvalue weighted by atomic mass is 16.5. The van der Waals surface area contributed by atoms with E-state index in [1.807, 2.05) is 42.5 Å². The summed E-state index contributed by atoms with van der Waals surface area (Å²) < 4.78 is 12.0. The highest BCUT2D eigenvalue weighted by molar-refractivity contribution is 5.85. The lowest BCUT2D eigenvalue weighted by Gasteiger charge is -2.33. The molecule has 1 aliphatic carbocycles. The van der Waals surface area contributed by atoms with Gasteiger partial charge >= 0.3 is 0 Å². The Morgan fingerprint density at radius 3 is 2.62 bits per heavy atom. The molecule has 2 heterocycles. The number of nitrogens with zero attached hydrogens (tertiary/aromatic N) is 1. The summed E-state index contributed by atoms with van der Waals surface area (Å²) in [5.41, 5.74) is 3.15. The number of hydrogen-bond acceptors (Lipinski definition) is 4. The van der Waals surface area contributed by atoms with E-state index in [0.717, 1.165) is 23.4 Å². The van der Waals surface area contributed by atoms with Gasteiger partial charge in [-0.25, -0.2) is 0 Å². The third-order valence-electron chi connectivity index (χ3n) is 5.67. The number of hydrogen-bond donors (Lipinski definition) is 0. The summed E-state index contributed by atoms with van der Waals surface area (Å²) in [4.78, 5) is 15.4. The molecular weight excluding hydrogens is 326 g/mol. The Hall–Kier alpha value is -2.59. The van der Waals surface area contributed by atoms with E-state index in [2.05, 4.69) is 4.90 Å². The molecule has 0 amide bonds. The Morgan fingerprint density at radius 1 is 1.00 bits per heavy atom. The van der Waals surface area contributed by atoms with Crippen LogP contribution in [0, 0.1) is 0 Å². The lowest BCUT2D eigenvalue weighted by Crippen LogP contribution is -2.39. The van der Waals surface area contributed by atoms with E-state index < -0.39 is 0 Å². The summed E-state index contributed by atoms with van der Waals surface area (Å²) >= 11 is 0. The van der Waals surface area contributed by atoms with Crippen LogP contribution < -0.4 is 10.2 Å². The van der Waals surface area contributed by atoms with Gasteiger partial charge in [0.2, 0.25) is 5.43 Å². The van der Waals surface area contributed by atoms with Crippen LogP contribution in [0.15, 0.2) is 57.9 Å². The lowest BCUT2D eigenvalue weighted by molar-refractivity contribution is 0.0581.